The van der Waals surface area contributed by atoms with Crippen molar-refractivity contribution in [2.45, 2.75) is 20.3 Å². The number of hydrogen-bond acceptors (Lipinski definition) is 3. The molecule has 0 fully saturated rings. The van der Waals surface area contributed by atoms with E-state index in [1.807, 2.05) is 6.92 Å². The van der Waals surface area contributed by atoms with Crippen LogP contribution in [-0.2, 0) is 14.3 Å². The van der Waals surface area contributed by atoms with Crippen molar-refractivity contribution >= 4 is 11.9 Å². The second kappa shape index (κ2) is 5.69. The number of rotatable bonds is 4. The predicted molar refractivity (Wildman–Crippen MR) is 40.7 cm³/mol. The van der Waals surface area contributed by atoms with E-state index in [9.17, 15) is 9.59 Å². The van der Waals surface area contributed by atoms with Crippen molar-refractivity contribution in [3.63, 3.8) is 0 Å². The quantitative estimate of drug-likeness (QED) is 0.450. The minimum absolute atomic E-state index is 0.349. The molecule has 0 radical (unpaired) electrons. The van der Waals surface area contributed by atoms with Crippen molar-refractivity contribution in [2.75, 3.05) is 6.61 Å². The standard InChI is InChI=1S/C8H12O3/c1-3-7(5-6-9)8(10)11-4-2/h5,7H,3-4H2,1-2H3. The van der Waals surface area contributed by atoms with Gasteiger partial charge in [-0.15, -0.1) is 0 Å². The summed E-state index contributed by atoms with van der Waals surface area (Å²) >= 11 is 0. The Kier molecular flexibility index (Phi) is 5.13. The third kappa shape index (κ3) is 3.58. The predicted octanol–water partition coefficient (Wildman–Crippen LogP) is 0.964. The van der Waals surface area contributed by atoms with E-state index in [1.54, 1.807) is 12.9 Å². The Morgan fingerprint density at radius 3 is 2.64 bits per heavy atom. The number of hydrogen-bond donors (Lipinski definition) is 0. The van der Waals surface area contributed by atoms with Crippen LogP contribution >= 0.6 is 0 Å². The first-order valence-electron chi connectivity index (χ1n) is 3.63. The maximum Gasteiger partial charge on any atom is 0.313 e. The normalized spacial score (nSPS) is 11.5. The van der Waals surface area contributed by atoms with Gasteiger partial charge in [0.1, 0.15) is 5.94 Å². The average molecular weight is 156 g/mol. The maximum atomic E-state index is 10.9. The number of carbonyl (C=O) groups is 1. The second-order valence-corrected chi connectivity index (χ2v) is 2.05. The number of ether oxygens (including phenoxy) is 1. The molecule has 0 heterocycles. The van der Waals surface area contributed by atoms with E-state index in [2.05, 4.69) is 0 Å². The molecule has 1 atom stereocenters. The van der Waals surface area contributed by atoms with E-state index in [0.29, 0.717) is 13.0 Å². The van der Waals surface area contributed by atoms with Gasteiger partial charge < -0.3 is 4.74 Å². The highest BCUT2D eigenvalue weighted by Crippen LogP contribution is 2.04. The molecule has 0 aromatic rings. The largest absolute Gasteiger partial charge is 0.466 e. The van der Waals surface area contributed by atoms with Crippen LogP contribution in [0.2, 0.25) is 0 Å². The Morgan fingerprint density at radius 1 is 1.64 bits per heavy atom. The Bertz CT molecular complexity index is 168. The smallest absolute Gasteiger partial charge is 0.313 e. The molecule has 3 heteroatoms. The minimum Gasteiger partial charge on any atom is -0.466 e. The van der Waals surface area contributed by atoms with Crippen LogP contribution in [0.5, 0.6) is 0 Å². The molecule has 0 aliphatic carbocycles. The average Bonchev–Trinajstić information content (AvgIpc) is 2.00. The highest BCUT2D eigenvalue weighted by molar-refractivity contribution is 5.76. The summed E-state index contributed by atoms with van der Waals surface area (Å²) in [7, 11) is 0. The van der Waals surface area contributed by atoms with Gasteiger partial charge in [0, 0.05) is 6.08 Å². The Morgan fingerprint density at radius 2 is 2.27 bits per heavy atom. The molecule has 0 saturated carbocycles. The summed E-state index contributed by atoms with van der Waals surface area (Å²) in [6.45, 7) is 3.90. The van der Waals surface area contributed by atoms with Crippen LogP contribution in [0.1, 0.15) is 20.3 Å². The molecule has 0 aromatic carbocycles. The van der Waals surface area contributed by atoms with Crippen molar-refractivity contribution in [2.24, 2.45) is 5.92 Å². The van der Waals surface area contributed by atoms with Crippen LogP contribution in [0.4, 0.5) is 0 Å². The fraction of sp³-hybridized carbons (Fsp3) is 0.625. The molecule has 0 bridgehead atoms. The van der Waals surface area contributed by atoms with Crippen LogP contribution in [0.15, 0.2) is 6.08 Å². The lowest BCUT2D eigenvalue weighted by molar-refractivity contribution is -0.146. The molecule has 0 aromatic heterocycles. The van der Waals surface area contributed by atoms with Crippen molar-refractivity contribution in [1.82, 2.24) is 0 Å². The molecule has 0 saturated heterocycles. The number of esters is 1. The summed E-state index contributed by atoms with van der Waals surface area (Å²) in [6, 6.07) is 0. The summed E-state index contributed by atoms with van der Waals surface area (Å²) in [5.41, 5.74) is 0. The van der Waals surface area contributed by atoms with Gasteiger partial charge in [0.05, 0.1) is 12.5 Å². The molecule has 0 amide bonds. The van der Waals surface area contributed by atoms with E-state index >= 15 is 0 Å². The first-order chi connectivity index (χ1) is 5.26. The molecular weight excluding hydrogens is 144 g/mol. The maximum absolute atomic E-state index is 10.9. The van der Waals surface area contributed by atoms with Gasteiger partial charge in [0.25, 0.3) is 0 Å². The molecular formula is C8H12O3. The lowest BCUT2D eigenvalue weighted by atomic mass is 10.1. The van der Waals surface area contributed by atoms with Gasteiger partial charge in [0.15, 0.2) is 0 Å². The van der Waals surface area contributed by atoms with Crippen molar-refractivity contribution in [3.8, 4) is 0 Å². The van der Waals surface area contributed by atoms with E-state index in [-0.39, 0.29) is 5.97 Å². The Labute approximate surface area is 66.0 Å². The molecule has 0 aliphatic heterocycles. The van der Waals surface area contributed by atoms with Crippen molar-refractivity contribution < 1.29 is 14.3 Å². The topological polar surface area (TPSA) is 43.4 Å². The summed E-state index contributed by atoms with van der Waals surface area (Å²) in [5, 5.41) is 0. The van der Waals surface area contributed by atoms with E-state index in [4.69, 9.17) is 4.74 Å². The molecule has 3 nitrogen and oxygen atoms in total. The summed E-state index contributed by atoms with van der Waals surface area (Å²) < 4.78 is 4.70. The van der Waals surface area contributed by atoms with Gasteiger partial charge in [-0.25, -0.2) is 4.79 Å². The third-order valence-electron chi connectivity index (χ3n) is 1.30. The van der Waals surface area contributed by atoms with Gasteiger partial charge >= 0.3 is 5.97 Å². The highest BCUT2D eigenvalue weighted by Gasteiger charge is 2.13. The minimum atomic E-state index is -0.424. The first-order valence-corrected chi connectivity index (χ1v) is 3.63. The Balaban J connectivity index is 4.02. The molecule has 0 spiro atoms. The zero-order valence-corrected chi connectivity index (χ0v) is 6.79. The molecule has 0 N–H and O–H groups in total. The zero-order chi connectivity index (χ0) is 8.69. The summed E-state index contributed by atoms with van der Waals surface area (Å²) in [6.07, 6.45) is 1.77. The molecule has 0 aliphatic rings. The molecule has 1 unspecified atom stereocenters. The van der Waals surface area contributed by atoms with Gasteiger partial charge in [-0.1, -0.05) is 6.92 Å². The Hall–Kier alpha value is -1.08. The van der Waals surface area contributed by atoms with Crippen LogP contribution < -0.4 is 0 Å². The first kappa shape index (κ1) is 9.92. The van der Waals surface area contributed by atoms with Gasteiger partial charge in [-0.3, -0.25) is 4.79 Å². The van der Waals surface area contributed by atoms with Crippen LogP contribution in [-0.4, -0.2) is 18.5 Å². The lowest BCUT2D eigenvalue weighted by Crippen LogP contribution is -2.14. The van der Waals surface area contributed by atoms with E-state index < -0.39 is 5.92 Å². The molecule has 0 rings (SSSR count). The van der Waals surface area contributed by atoms with Gasteiger partial charge in [-0.05, 0) is 13.3 Å². The molecule has 11 heavy (non-hydrogen) atoms. The fourth-order valence-corrected chi connectivity index (χ4v) is 0.684. The third-order valence-corrected chi connectivity index (χ3v) is 1.30. The van der Waals surface area contributed by atoms with Crippen LogP contribution in [0.3, 0.4) is 0 Å². The molecule has 62 valence electrons. The lowest BCUT2D eigenvalue weighted by Gasteiger charge is -2.06. The van der Waals surface area contributed by atoms with Gasteiger partial charge in [0.2, 0.25) is 0 Å². The monoisotopic (exact) mass is 156 g/mol. The fourth-order valence-electron chi connectivity index (χ4n) is 0.684. The van der Waals surface area contributed by atoms with E-state index in [0.717, 1.165) is 0 Å². The van der Waals surface area contributed by atoms with Gasteiger partial charge in [-0.2, -0.15) is 0 Å². The van der Waals surface area contributed by atoms with Crippen LogP contribution in [0.25, 0.3) is 0 Å². The second-order valence-electron chi connectivity index (χ2n) is 2.05. The zero-order valence-electron chi connectivity index (χ0n) is 6.79. The van der Waals surface area contributed by atoms with Crippen molar-refractivity contribution in [3.05, 3.63) is 6.08 Å². The van der Waals surface area contributed by atoms with E-state index in [1.165, 1.54) is 6.08 Å². The SMILES string of the molecule is CCOC(=O)C(C=C=O)CC. The summed E-state index contributed by atoms with van der Waals surface area (Å²) in [4.78, 5) is 20.8. The van der Waals surface area contributed by atoms with Crippen LogP contribution in [0, 0.1) is 5.92 Å². The highest BCUT2D eigenvalue weighted by atomic mass is 16.5. The van der Waals surface area contributed by atoms with Crippen molar-refractivity contribution in [1.29, 1.82) is 0 Å². The summed E-state index contributed by atoms with van der Waals surface area (Å²) in [5.74, 6) is 0.810. The number of carbonyl (C=O) groups excluding carboxylic acids is 2.